The number of benzene rings is 1. The lowest BCUT2D eigenvalue weighted by molar-refractivity contribution is 0.0975. The predicted molar refractivity (Wildman–Crippen MR) is 151 cm³/mol. The summed E-state index contributed by atoms with van der Waals surface area (Å²) in [5.74, 6) is -0.245. The van der Waals surface area contributed by atoms with Crippen molar-refractivity contribution in [1.29, 1.82) is 0 Å². The zero-order valence-electron chi connectivity index (χ0n) is 22.7. The highest BCUT2D eigenvalue weighted by atomic mass is 32.2. The van der Waals surface area contributed by atoms with Crippen molar-refractivity contribution in [3.05, 3.63) is 59.9 Å². The molecule has 1 aliphatic carbocycles. The van der Waals surface area contributed by atoms with E-state index in [0.717, 1.165) is 32.2 Å². The van der Waals surface area contributed by atoms with Gasteiger partial charge in [0.2, 0.25) is 0 Å². The average Bonchev–Trinajstić information content (AvgIpc) is 2.90. The Morgan fingerprint density at radius 2 is 1.90 bits per heavy atom. The maximum atomic E-state index is 14.6. The van der Waals surface area contributed by atoms with Gasteiger partial charge in [0.05, 0.1) is 17.9 Å². The molecule has 11 heteroatoms. The van der Waals surface area contributed by atoms with Crippen LogP contribution in [-0.2, 0) is 10.0 Å². The van der Waals surface area contributed by atoms with Gasteiger partial charge in [-0.05, 0) is 73.4 Å². The Kier molecular flexibility index (Phi) is 7.67. The highest BCUT2D eigenvalue weighted by molar-refractivity contribution is 7.90. The quantitative estimate of drug-likeness (QED) is 0.398. The molecule has 0 bridgehead atoms. The van der Waals surface area contributed by atoms with Crippen molar-refractivity contribution < 1.29 is 22.3 Å². The summed E-state index contributed by atoms with van der Waals surface area (Å²) in [5.41, 5.74) is 6.89. The Bertz CT molecular complexity index is 1520. The first kappa shape index (κ1) is 27.8. The predicted octanol–water partition coefficient (Wildman–Crippen LogP) is 4.79. The number of nitrogens with zero attached hydrogens (tertiary/aromatic N) is 3. The Hall–Kier alpha value is -3.73. The summed E-state index contributed by atoms with van der Waals surface area (Å²) in [4.78, 5) is 24.2. The van der Waals surface area contributed by atoms with Crippen molar-refractivity contribution in [3.63, 3.8) is 0 Å². The van der Waals surface area contributed by atoms with Crippen LogP contribution >= 0.6 is 0 Å². The van der Waals surface area contributed by atoms with E-state index in [1.54, 1.807) is 12.1 Å². The molecule has 3 N–H and O–H groups in total. The van der Waals surface area contributed by atoms with Crippen LogP contribution in [0.4, 0.5) is 16.0 Å². The number of nitrogens with two attached hydrogens (primary N) is 1. The molecule has 3 heterocycles. The number of amides is 1. The van der Waals surface area contributed by atoms with Gasteiger partial charge in [0, 0.05) is 24.7 Å². The summed E-state index contributed by atoms with van der Waals surface area (Å²) < 4.78 is 48.3. The Morgan fingerprint density at radius 1 is 1.12 bits per heavy atom. The van der Waals surface area contributed by atoms with Gasteiger partial charge in [-0.15, -0.1) is 0 Å². The standard InChI is InChI=1S/C29H34FN5O4S/c1-19(2)17-39-22-15-20(14-21(30)16-22)24-9-8-23(27(32-24)35-13-5-12-29(18-35)10-4-11-29)28(36)34-40(37,38)26-7-3-6-25(31)33-26/h3,6-9,14-16,19H,4-5,10-13,17-18H2,1-2H3,(H2,31,33)(H,34,36). The van der Waals surface area contributed by atoms with Crippen molar-refractivity contribution in [2.75, 3.05) is 30.3 Å². The van der Waals surface area contributed by atoms with E-state index in [1.165, 1.54) is 42.8 Å². The Morgan fingerprint density at radius 3 is 2.60 bits per heavy atom. The van der Waals surface area contributed by atoms with Crippen LogP contribution in [0.3, 0.4) is 0 Å². The van der Waals surface area contributed by atoms with E-state index >= 15 is 0 Å². The molecule has 9 nitrogen and oxygen atoms in total. The molecule has 212 valence electrons. The number of nitrogen functional groups attached to an aromatic ring is 1. The molecule has 3 aromatic rings. The number of nitrogens with one attached hydrogen (secondary N) is 1. The van der Waals surface area contributed by atoms with Gasteiger partial charge in [0.25, 0.3) is 15.9 Å². The zero-order chi connectivity index (χ0) is 28.5. The van der Waals surface area contributed by atoms with Crippen LogP contribution in [0.15, 0.2) is 53.6 Å². The molecule has 2 aromatic heterocycles. The molecule has 2 fully saturated rings. The largest absolute Gasteiger partial charge is 0.493 e. The minimum Gasteiger partial charge on any atom is -0.493 e. The van der Waals surface area contributed by atoms with Gasteiger partial charge in [-0.1, -0.05) is 26.3 Å². The molecular formula is C29H34FN5O4S. The van der Waals surface area contributed by atoms with E-state index in [0.29, 0.717) is 36.0 Å². The summed E-state index contributed by atoms with van der Waals surface area (Å²) in [6.07, 6.45) is 5.44. The number of pyridine rings is 2. The number of piperidine rings is 1. The molecule has 1 saturated carbocycles. The third-order valence-corrected chi connectivity index (χ3v) is 8.72. The fourth-order valence-corrected chi connectivity index (χ4v) is 6.31. The minimum absolute atomic E-state index is 0.0213. The average molecular weight is 568 g/mol. The fourth-order valence-electron chi connectivity index (χ4n) is 5.37. The second-order valence-electron chi connectivity index (χ2n) is 11.2. The maximum absolute atomic E-state index is 14.6. The maximum Gasteiger partial charge on any atom is 0.281 e. The van der Waals surface area contributed by atoms with Gasteiger partial charge in [-0.2, -0.15) is 8.42 Å². The molecule has 1 saturated heterocycles. The third-order valence-electron chi connectivity index (χ3n) is 7.49. The van der Waals surface area contributed by atoms with Gasteiger partial charge in [-0.25, -0.2) is 19.1 Å². The Labute approximate surface area is 234 Å². The monoisotopic (exact) mass is 567 g/mol. The number of carbonyl (C=O) groups excluding carboxylic acids is 1. The number of sulfonamides is 1. The van der Waals surface area contributed by atoms with Crippen LogP contribution in [0.2, 0.25) is 0 Å². The van der Waals surface area contributed by atoms with Gasteiger partial charge >= 0.3 is 0 Å². The van der Waals surface area contributed by atoms with Crippen LogP contribution < -0.4 is 20.1 Å². The van der Waals surface area contributed by atoms with Crippen molar-refractivity contribution in [1.82, 2.24) is 14.7 Å². The third kappa shape index (κ3) is 6.04. The summed E-state index contributed by atoms with van der Waals surface area (Å²) in [5, 5.41) is -0.355. The van der Waals surface area contributed by atoms with E-state index in [1.807, 2.05) is 13.8 Å². The van der Waals surface area contributed by atoms with Gasteiger partial charge in [0.15, 0.2) is 5.03 Å². The number of ether oxygens (including phenoxy) is 1. The summed E-state index contributed by atoms with van der Waals surface area (Å²) in [6.45, 7) is 5.85. The first-order valence-electron chi connectivity index (χ1n) is 13.5. The lowest BCUT2D eigenvalue weighted by atomic mass is 9.64. The molecule has 1 spiro atoms. The molecule has 40 heavy (non-hydrogen) atoms. The fraction of sp³-hybridized carbons (Fsp3) is 0.414. The molecular weight excluding hydrogens is 533 g/mol. The number of halogens is 1. The summed E-state index contributed by atoms with van der Waals surface area (Å²) >= 11 is 0. The van der Waals surface area contributed by atoms with Crippen LogP contribution in [-0.4, -0.2) is 44.0 Å². The highest BCUT2D eigenvalue weighted by Crippen LogP contribution is 2.48. The number of aromatic nitrogens is 2. The normalized spacial score (nSPS) is 16.6. The first-order valence-corrected chi connectivity index (χ1v) is 15.0. The van der Waals surface area contributed by atoms with Crippen molar-refractivity contribution in [2.45, 2.75) is 51.0 Å². The number of rotatable bonds is 8. The Balaban J connectivity index is 1.51. The van der Waals surface area contributed by atoms with E-state index in [2.05, 4.69) is 14.6 Å². The molecule has 1 aromatic carbocycles. The number of hydrogen-bond acceptors (Lipinski definition) is 8. The lowest BCUT2D eigenvalue weighted by Crippen LogP contribution is -2.48. The minimum atomic E-state index is -4.28. The molecule has 0 unspecified atom stereocenters. The second kappa shape index (κ2) is 11.0. The topological polar surface area (TPSA) is 128 Å². The summed E-state index contributed by atoms with van der Waals surface area (Å²) in [6, 6.07) is 11.7. The SMILES string of the molecule is CC(C)COc1cc(F)cc(-c2ccc(C(=O)NS(=O)(=O)c3cccc(N)n3)c(N3CCCC4(CCC4)C3)n2)c1. The molecule has 0 radical (unpaired) electrons. The van der Waals surface area contributed by atoms with E-state index < -0.39 is 21.7 Å². The van der Waals surface area contributed by atoms with Crippen molar-refractivity contribution >= 4 is 27.6 Å². The van der Waals surface area contributed by atoms with Crippen LogP contribution in [0.1, 0.15) is 56.3 Å². The van der Waals surface area contributed by atoms with Crippen molar-refractivity contribution in [3.8, 4) is 17.0 Å². The van der Waals surface area contributed by atoms with Crippen molar-refractivity contribution in [2.24, 2.45) is 11.3 Å². The van der Waals surface area contributed by atoms with Crippen LogP contribution in [0.5, 0.6) is 5.75 Å². The summed E-state index contributed by atoms with van der Waals surface area (Å²) in [7, 11) is -4.28. The van der Waals surface area contributed by atoms with Crippen LogP contribution in [0.25, 0.3) is 11.3 Å². The van der Waals surface area contributed by atoms with E-state index in [4.69, 9.17) is 15.5 Å². The van der Waals surface area contributed by atoms with Gasteiger partial charge in [0.1, 0.15) is 23.2 Å². The zero-order valence-corrected chi connectivity index (χ0v) is 23.5. The molecule has 1 amide bonds. The van der Waals surface area contributed by atoms with Crippen LogP contribution in [0, 0.1) is 17.2 Å². The van der Waals surface area contributed by atoms with Gasteiger partial charge < -0.3 is 15.4 Å². The number of hydrogen-bond donors (Lipinski definition) is 2. The number of anilines is 2. The van der Waals surface area contributed by atoms with E-state index in [9.17, 15) is 17.6 Å². The molecule has 0 atom stereocenters. The number of carbonyl (C=O) groups is 1. The molecule has 1 aliphatic heterocycles. The smallest absolute Gasteiger partial charge is 0.281 e. The second-order valence-corrected chi connectivity index (χ2v) is 12.8. The molecule has 5 rings (SSSR count). The molecule has 2 aliphatic rings. The first-order chi connectivity index (χ1) is 19.0. The van der Waals surface area contributed by atoms with E-state index in [-0.39, 0.29) is 27.7 Å². The lowest BCUT2D eigenvalue weighted by Gasteiger charge is -2.49. The van der Waals surface area contributed by atoms with Gasteiger partial charge in [-0.3, -0.25) is 4.79 Å². The highest BCUT2D eigenvalue weighted by Gasteiger charge is 2.41.